The van der Waals surface area contributed by atoms with Gasteiger partial charge in [0.1, 0.15) is 12.1 Å². The second-order valence-electron chi connectivity index (χ2n) is 6.79. The van der Waals surface area contributed by atoms with Crippen molar-refractivity contribution in [1.82, 2.24) is 24.9 Å². The molecule has 1 fully saturated rings. The first-order valence-electron chi connectivity index (χ1n) is 9.12. The Morgan fingerprint density at radius 3 is 3.04 bits per heavy atom. The zero-order chi connectivity index (χ0) is 19.7. The molecule has 1 N–H and O–H groups in total. The summed E-state index contributed by atoms with van der Waals surface area (Å²) in [7, 11) is 0. The largest absolute Gasteiger partial charge is 0.376 e. The van der Waals surface area contributed by atoms with E-state index in [9.17, 15) is 9.59 Å². The smallest absolute Gasteiger partial charge is 0.293 e. The number of amides is 1. The minimum atomic E-state index is -0.384. The summed E-state index contributed by atoms with van der Waals surface area (Å²) in [5.74, 6) is -0.280. The van der Waals surface area contributed by atoms with E-state index in [0.717, 1.165) is 19.4 Å². The number of fused-ring (bicyclic) bond motifs is 1. The third-order valence-electron chi connectivity index (χ3n) is 4.76. The molecule has 3 heterocycles. The minimum Gasteiger partial charge on any atom is -0.376 e. The van der Waals surface area contributed by atoms with Crippen LogP contribution in [0.15, 0.2) is 35.3 Å². The van der Waals surface area contributed by atoms with Crippen LogP contribution in [0.5, 0.6) is 0 Å². The monoisotopic (exact) mass is 401 g/mol. The molecule has 3 aromatic rings. The fraction of sp³-hybridized carbons (Fsp3) is 0.368. The molecule has 8 nitrogen and oxygen atoms in total. The molecule has 0 radical (unpaired) electrons. The number of aryl methyl sites for hydroxylation is 1. The summed E-state index contributed by atoms with van der Waals surface area (Å²) in [5, 5.41) is 12.6. The lowest BCUT2D eigenvalue weighted by molar-refractivity contribution is -0.122. The van der Waals surface area contributed by atoms with Gasteiger partial charge in [-0.05, 0) is 38.0 Å². The van der Waals surface area contributed by atoms with E-state index in [2.05, 4.69) is 15.5 Å². The Hall–Kier alpha value is -2.71. The van der Waals surface area contributed by atoms with Gasteiger partial charge >= 0.3 is 0 Å². The number of benzene rings is 1. The molecule has 1 aliphatic rings. The second kappa shape index (κ2) is 7.73. The number of nitrogens with one attached hydrogen (secondary N) is 1. The standard InChI is InChI=1S/C19H20ClN5O3/c1-12-16-10-22-25(14-5-2-4-13(20)8-14)18(16)19(27)24(23-12)11-17(26)21-9-15-6-3-7-28-15/h2,4-5,8,10,15H,3,6-7,9,11H2,1H3,(H,21,26)/t15-/m1/s1. The Morgan fingerprint density at radius 2 is 2.29 bits per heavy atom. The van der Waals surface area contributed by atoms with Crippen molar-refractivity contribution in [2.75, 3.05) is 13.2 Å². The van der Waals surface area contributed by atoms with Crippen LogP contribution in [-0.2, 0) is 16.1 Å². The number of hydrogen-bond donors (Lipinski definition) is 1. The van der Waals surface area contributed by atoms with Gasteiger partial charge in [0, 0.05) is 23.6 Å². The number of carbonyl (C=O) groups excluding carboxylic acids is 1. The van der Waals surface area contributed by atoms with E-state index in [1.807, 2.05) is 6.07 Å². The van der Waals surface area contributed by atoms with Crippen LogP contribution >= 0.6 is 11.6 Å². The van der Waals surface area contributed by atoms with Crippen LogP contribution in [0.4, 0.5) is 0 Å². The van der Waals surface area contributed by atoms with Gasteiger partial charge in [-0.1, -0.05) is 17.7 Å². The van der Waals surface area contributed by atoms with Crippen LogP contribution in [0.2, 0.25) is 5.02 Å². The highest BCUT2D eigenvalue weighted by Crippen LogP contribution is 2.19. The van der Waals surface area contributed by atoms with Gasteiger partial charge in [0.05, 0.1) is 23.7 Å². The SMILES string of the molecule is Cc1nn(CC(=O)NC[C@H]2CCCO2)c(=O)c2c1cnn2-c1cccc(Cl)c1. The van der Waals surface area contributed by atoms with Crippen LogP contribution in [0.25, 0.3) is 16.6 Å². The van der Waals surface area contributed by atoms with Crippen molar-refractivity contribution in [2.45, 2.75) is 32.4 Å². The Labute approximate surface area is 166 Å². The van der Waals surface area contributed by atoms with Gasteiger partial charge in [-0.2, -0.15) is 10.2 Å². The molecule has 1 saturated heterocycles. The summed E-state index contributed by atoms with van der Waals surface area (Å²) in [5.41, 5.74) is 1.27. The molecule has 0 bridgehead atoms. The molecule has 0 spiro atoms. The van der Waals surface area contributed by atoms with Crippen molar-refractivity contribution in [2.24, 2.45) is 0 Å². The highest BCUT2D eigenvalue weighted by atomic mass is 35.5. The van der Waals surface area contributed by atoms with E-state index in [0.29, 0.717) is 33.9 Å². The molecular weight excluding hydrogens is 382 g/mol. The van der Waals surface area contributed by atoms with E-state index < -0.39 is 0 Å². The van der Waals surface area contributed by atoms with E-state index >= 15 is 0 Å². The van der Waals surface area contributed by atoms with Crippen molar-refractivity contribution < 1.29 is 9.53 Å². The molecule has 1 aromatic carbocycles. The van der Waals surface area contributed by atoms with Gasteiger partial charge in [-0.3, -0.25) is 9.59 Å². The molecule has 1 amide bonds. The highest BCUT2D eigenvalue weighted by molar-refractivity contribution is 6.30. The maximum atomic E-state index is 13.0. The molecule has 146 valence electrons. The first kappa shape index (κ1) is 18.6. The molecule has 9 heteroatoms. The molecule has 28 heavy (non-hydrogen) atoms. The topological polar surface area (TPSA) is 91.0 Å². The summed E-state index contributed by atoms with van der Waals surface area (Å²) in [4.78, 5) is 25.3. The maximum absolute atomic E-state index is 13.0. The Bertz CT molecular complexity index is 1080. The number of ether oxygens (including phenoxy) is 1. The molecule has 0 aliphatic carbocycles. The van der Waals surface area contributed by atoms with E-state index in [1.165, 1.54) is 9.36 Å². The highest BCUT2D eigenvalue weighted by Gasteiger charge is 2.19. The molecule has 0 unspecified atom stereocenters. The predicted octanol–water partition coefficient (Wildman–Crippen LogP) is 1.84. The Kier molecular flexibility index (Phi) is 5.15. The molecule has 2 aromatic heterocycles. The van der Waals surface area contributed by atoms with Gasteiger partial charge < -0.3 is 10.1 Å². The number of carbonyl (C=O) groups is 1. The first-order valence-corrected chi connectivity index (χ1v) is 9.50. The summed E-state index contributed by atoms with van der Waals surface area (Å²) >= 11 is 6.07. The van der Waals surface area contributed by atoms with E-state index in [1.54, 1.807) is 31.3 Å². The predicted molar refractivity (Wildman–Crippen MR) is 105 cm³/mol. The minimum absolute atomic E-state index is 0.0436. The molecule has 0 saturated carbocycles. The van der Waals surface area contributed by atoms with Gasteiger partial charge in [-0.15, -0.1) is 0 Å². The zero-order valence-corrected chi connectivity index (χ0v) is 16.1. The molecular formula is C19H20ClN5O3. The summed E-state index contributed by atoms with van der Waals surface area (Å²) in [6, 6.07) is 7.07. The molecule has 4 rings (SSSR count). The van der Waals surface area contributed by atoms with Crippen molar-refractivity contribution in [3.63, 3.8) is 0 Å². The number of halogens is 1. The molecule has 1 aliphatic heterocycles. The third kappa shape index (κ3) is 3.65. The van der Waals surface area contributed by atoms with Crippen molar-refractivity contribution in [1.29, 1.82) is 0 Å². The maximum Gasteiger partial charge on any atom is 0.293 e. The lowest BCUT2D eigenvalue weighted by atomic mass is 10.2. The van der Waals surface area contributed by atoms with Gasteiger partial charge in [0.25, 0.3) is 5.56 Å². The van der Waals surface area contributed by atoms with Gasteiger partial charge in [0.2, 0.25) is 5.91 Å². The average molecular weight is 402 g/mol. The summed E-state index contributed by atoms with van der Waals surface area (Å²) in [6.07, 6.45) is 3.58. The van der Waals surface area contributed by atoms with Crippen molar-refractivity contribution in [3.8, 4) is 5.69 Å². The molecule has 1 atom stereocenters. The Morgan fingerprint density at radius 1 is 1.43 bits per heavy atom. The lowest BCUT2D eigenvalue weighted by Crippen LogP contribution is -2.37. The normalized spacial score (nSPS) is 16.6. The quantitative estimate of drug-likeness (QED) is 0.704. The number of rotatable bonds is 5. The van der Waals surface area contributed by atoms with Gasteiger partial charge in [0.15, 0.2) is 0 Å². The van der Waals surface area contributed by atoms with Crippen LogP contribution in [0, 0.1) is 6.92 Å². The first-order chi connectivity index (χ1) is 13.5. The van der Waals surface area contributed by atoms with Crippen LogP contribution < -0.4 is 10.9 Å². The third-order valence-corrected chi connectivity index (χ3v) is 5.00. The van der Waals surface area contributed by atoms with Crippen LogP contribution in [-0.4, -0.2) is 44.7 Å². The van der Waals surface area contributed by atoms with Gasteiger partial charge in [-0.25, -0.2) is 9.36 Å². The van der Waals surface area contributed by atoms with Crippen LogP contribution in [0.1, 0.15) is 18.5 Å². The summed E-state index contributed by atoms with van der Waals surface area (Å²) < 4.78 is 8.20. The van der Waals surface area contributed by atoms with Crippen molar-refractivity contribution >= 4 is 28.4 Å². The second-order valence-corrected chi connectivity index (χ2v) is 7.22. The fourth-order valence-electron chi connectivity index (χ4n) is 3.36. The van der Waals surface area contributed by atoms with Crippen LogP contribution in [0.3, 0.4) is 0 Å². The Balaban J connectivity index is 1.64. The van der Waals surface area contributed by atoms with E-state index in [-0.39, 0.29) is 24.1 Å². The van der Waals surface area contributed by atoms with Crippen molar-refractivity contribution in [3.05, 3.63) is 51.5 Å². The average Bonchev–Trinajstić information content (AvgIpc) is 3.34. The fourth-order valence-corrected chi connectivity index (χ4v) is 3.54. The van der Waals surface area contributed by atoms with E-state index in [4.69, 9.17) is 16.3 Å². The zero-order valence-electron chi connectivity index (χ0n) is 15.4. The number of aromatic nitrogens is 4. The summed E-state index contributed by atoms with van der Waals surface area (Å²) in [6.45, 7) is 2.79. The number of hydrogen-bond acceptors (Lipinski definition) is 5. The lowest BCUT2D eigenvalue weighted by Gasteiger charge is -2.12. The number of nitrogens with zero attached hydrogens (tertiary/aromatic N) is 4.